The highest BCUT2D eigenvalue weighted by atomic mass is 16.5. The van der Waals surface area contributed by atoms with Crippen LogP contribution in [0.4, 0.5) is 0 Å². The topological polar surface area (TPSA) is 480 Å². The molecule has 0 spiro atoms. The minimum absolute atomic E-state index is 0.0483. The molecule has 6 unspecified atom stereocenters. The Balaban J connectivity index is 6.21. The summed E-state index contributed by atoms with van der Waals surface area (Å²) >= 11 is 0. The smallest absolute Gasteiger partial charge is 0.326 e. The number of nitrogens with two attached hydrogens (primary N) is 1. The van der Waals surface area contributed by atoms with Gasteiger partial charge >= 0.3 is 41.8 Å². The number of hydrogen-bond donors (Lipinski definition) is 14. The first-order chi connectivity index (χ1) is 28.0. The molecule has 0 saturated heterocycles. The Kier molecular flexibility index (Phi) is 24.4. The van der Waals surface area contributed by atoms with Gasteiger partial charge in [-0.25, -0.2) is 4.79 Å². The van der Waals surface area contributed by atoms with Gasteiger partial charge in [0, 0.05) is 13.0 Å². The van der Waals surface area contributed by atoms with E-state index in [1.807, 2.05) is 5.32 Å². The van der Waals surface area contributed by atoms with Crippen LogP contribution in [0.25, 0.3) is 0 Å². The van der Waals surface area contributed by atoms with Crippen LogP contribution in [0.2, 0.25) is 0 Å². The van der Waals surface area contributed by atoms with Crippen LogP contribution in [0.15, 0.2) is 0 Å². The van der Waals surface area contributed by atoms with Gasteiger partial charge in [-0.1, -0.05) is 0 Å². The number of aliphatic carboxylic acids is 7. The number of hydrogen-bond acceptors (Lipinski definition) is 16. The van der Waals surface area contributed by atoms with Crippen LogP contribution in [0.3, 0.4) is 0 Å². The number of carbonyl (C=O) groups is 13. The largest absolute Gasteiger partial charge is 0.481 e. The summed E-state index contributed by atoms with van der Waals surface area (Å²) in [6.07, 6.45) is -8.04. The van der Waals surface area contributed by atoms with Gasteiger partial charge in [0.1, 0.15) is 36.3 Å². The average molecular weight is 868 g/mol. The second-order valence-electron chi connectivity index (χ2n) is 12.1. The monoisotopic (exact) mass is 867 g/mol. The Hall–Kier alpha value is -7.01. The Morgan fingerprint density at radius 3 is 0.883 bits per heavy atom. The molecule has 15 N–H and O–H groups in total. The third-order valence-electron chi connectivity index (χ3n) is 7.18. The van der Waals surface area contributed by atoms with Crippen molar-refractivity contribution in [2.24, 2.45) is 5.73 Å². The van der Waals surface area contributed by atoms with Crippen molar-refractivity contribution in [3.8, 4) is 0 Å². The third-order valence-corrected chi connectivity index (χ3v) is 7.18. The molecule has 0 aromatic carbocycles. The van der Waals surface area contributed by atoms with E-state index in [9.17, 15) is 93.0 Å². The lowest BCUT2D eigenvalue weighted by molar-refractivity contribution is -0.148. The van der Waals surface area contributed by atoms with E-state index in [1.165, 1.54) is 0 Å². The Morgan fingerprint density at radius 1 is 0.367 bits per heavy atom. The van der Waals surface area contributed by atoms with Crippen molar-refractivity contribution in [1.29, 1.82) is 0 Å². The molecule has 0 heterocycles. The minimum Gasteiger partial charge on any atom is -0.481 e. The Labute approximate surface area is 336 Å². The third kappa shape index (κ3) is 23.3. The molecule has 0 aliphatic carbocycles. The van der Waals surface area contributed by atoms with Gasteiger partial charge in [-0.2, -0.15) is 0 Å². The van der Waals surface area contributed by atoms with Gasteiger partial charge in [0.15, 0.2) is 0 Å². The van der Waals surface area contributed by atoms with E-state index in [0.29, 0.717) is 0 Å². The lowest BCUT2D eigenvalue weighted by Gasteiger charge is -2.26. The molecule has 0 radical (unpaired) electrons. The van der Waals surface area contributed by atoms with E-state index in [2.05, 4.69) is 5.32 Å². The molecule has 29 nitrogen and oxygen atoms in total. The molecule has 29 heteroatoms. The Morgan fingerprint density at radius 2 is 0.617 bits per heavy atom. The molecule has 0 aliphatic heterocycles. The predicted molar refractivity (Wildman–Crippen MR) is 188 cm³/mol. The summed E-state index contributed by atoms with van der Waals surface area (Å²) in [7, 11) is 0. The minimum atomic E-state index is -2.31. The highest BCUT2D eigenvalue weighted by molar-refractivity contribution is 6.00. The molecule has 60 heavy (non-hydrogen) atoms. The van der Waals surface area contributed by atoms with Gasteiger partial charge in [0.25, 0.3) is 0 Å². The average Bonchev–Trinajstić information content (AvgIpc) is 3.11. The van der Waals surface area contributed by atoms with Crippen molar-refractivity contribution in [1.82, 2.24) is 31.9 Å². The zero-order chi connectivity index (χ0) is 46.1. The van der Waals surface area contributed by atoms with Crippen molar-refractivity contribution >= 4 is 77.2 Å². The summed E-state index contributed by atoms with van der Waals surface area (Å²) in [4.78, 5) is 158. The zero-order valence-electron chi connectivity index (χ0n) is 31.3. The molecule has 0 fully saturated rings. The molecule has 0 aromatic heterocycles. The molecule has 0 bridgehead atoms. The summed E-state index contributed by atoms with van der Waals surface area (Å²) in [5, 5.41) is 75.6. The molecule has 0 rings (SSSR count). The zero-order valence-corrected chi connectivity index (χ0v) is 31.3. The van der Waals surface area contributed by atoms with Gasteiger partial charge in [-0.15, -0.1) is 0 Å². The van der Waals surface area contributed by atoms with Gasteiger partial charge in [0.2, 0.25) is 35.4 Å². The summed E-state index contributed by atoms with van der Waals surface area (Å²) in [6.45, 7) is 0.466. The lowest BCUT2D eigenvalue weighted by Crippen LogP contribution is -2.60. The van der Waals surface area contributed by atoms with Crippen molar-refractivity contribution in [2.75, 3.05) is 33.0 Å². The number of amides is 6. The summed E-state index contributed by atoms with van der Waals surface area (Å²) in [5.41, 5.74) is 5.27. The summed E-state index contributed by atoms with van der Waals surface area (Å²) in [6, 6.07) is -13.1. The van der Waals surface area contributed by atoms with Crippen LogP contribution in [0, 0.1) is 0 Å². The number of carboxylic acid groups (broad SMARTS) is 7. The maximum atomic E-state index is 13.2. The number of carboxylic acids is 7. The van der Waals surface area contributed by atoms with E-state index >= 15 is 0 Å². The first-order valence-electron chi connectivity index (χ1n) is 17.2. The molecule has 0 aromatic rings. The maximum Gasteiger partial charge on any atom is 0.326 e. The standard InChI is InChI=1S/C31H45N7O22/c32-2-4-60-6-5-59-3-1-19(39)33-13(7-20(40)41)26(52)34-14(8-21(42)43)27(53)35-15(9-22(44)45)28(54)36-16(10-23(46)47)29(55)37-17(11-24(48)49)30(56)38-18(31(57)58)12-25(50)51/h13-18H,1-12,32H2,(H,33,39)(H,34,52)(H,35,53)(H,36,54)(H,37,55)(H,38,56)(H,40,41)(H,42,43)(H,44,45)(H,46,47)(H,48,49)(H,50,51)(H,57,58). The van der Waals surface area contributed by atoms with E-state index in [4.69, 9.17) is 20.3 Å². The highest BCUT2D eigenvalue weighted by Gasteiger charge is 2.36. The van der Waals surface area contributed by atoms with Crippen molar-refractivity contribution < 1.29 is 108 Å². The van der Waals surface area contributed by atoms with E-state index in [-0.39, 0.29) is 33.0 Å². The van der Waals surface area contributed by atoms with E-state index in [1.54, 1.807) is 21.3 Å². The van der Waals surface area contributed by atoms with Crippen molar-refractivity contribution in [2.45, 2.75) is 81.2 Å². The predicted octanol–water partition coefficient (Wildman–Crippen LogP) is -6.79. The molecule has 6 amide bonds. The second-order valence-corrected chi connectivity index (χ2v) is 12.1. The SMILES string of the molecule is NCCOCCOCCC(=O)NC(CC(=O)O)C(=O)NC(CC(=O)O)C(=O)NC(CC(=O)O)C(=O)NC(CC(=O)O)C(=O)NC(CC(=O)O)C(=O)NC(CC(=O)O)C(=O)O. The first-order valence-corrected chi connectivity index (χ1v) is 17.2. The number of carbonyl (C=O) groups excluding carboxylic acids is 6. The fraction of sp³-hybridized carbons (Fsp3) is 0.581. The van der Waals surface area contributed by atoms with Crippen LogP contribution in [-0.4, -0.2) is 182 Å². The van der Waals surface area contributed by atoms with Crippen LogP contribution < -0.4 is 37.6 Å². The van der Waals surface area contributed by atoms with Crippen LogP contribution >= 0.6 is 0 Å². The molecule has 336 valence electrons. The van der Waals surface area contributed by atoms with Gasteiger partial charge in [-0.3, -0.25) is 57.5 Å². The molecule has 0 aliphatic rings. The normalized spacial score (nSPS) is 13.6. The molecular weight excluding hydrogens is 822 g/mol. The number of nitrogens with one attached hydrogen (secondary N) is 6. The molecule has 0 saturated carbocycles. The highest BCUT2D eigenvalue weighted by Crippen LogP contribution is 2.05. The second kappa shape index (κ2) is 27.6. The van der Waals surface area contributed by atoms with Crippen LogP contribution in [-0.2, 0) is 71.8 Å². The maximum absolute atomic E-state index is 13.2. The van der Waals surface area contributed by atoms with E-state index < -0.39 is 158 Å². The fourth-order valence-electron chi connectivity index (χ4n) is 4.49. The quantitative estimate of drug-likeness (QED) is 0.0279. The summed E-state index contributed by atoms with van der Waals surface area (Å²) in [5.74, 6) is -21.3. The fourth-order valence-corrected chi connectivity index (χ4v) is 4.49. The number of ether oxygens (including phenoxy) is 2. The molecular formula is C31H45N7O22. The lowest BCUT2D eigenvalue weighted by atomic mass is 10.1. The van der Waals surface area contributed by atoms with Crippen LogP contribution in [0.1, 0.15) is 44.9 Å². The van der Waals surface area contributed by atoms with Crippen LogP contribution in [0.5, 0.6) is 0 Å². The van der Waals surface area contributed by atoms with E-state index in [0.717, 1.165) is 0 Å². The van der Waals surface area contributed by atoms with Crippen molar-refractivity contribution in [3.63, 3.8) is 0 Å². The van der Waals surface area contributed by atoms with Gasteiger partial charge in [0.05, 0.1) is 65.0 Å². The van der Waals surface area contributed by atoms with Gasteiger partial charge in [-0.05, 0) is 0 Å². The number of rotatable bonds is 32. The Bertz CT molecular complexity index is 1620. The first kappa shape index (κ1) is 53.0. The molecule has 6 atom stereocenters. The van der Waals surface area contributed by atoms with Crippen molar-refractivity contribution in [3.05, 3.63) is 0 Å². The van der Waals surface area contributed by atoms with Gasteiger partial charge < -0.3 is 82.9 Å². The summed E-state index contributed by atoms with van der Waals surface area (Å²) < 4.78 is 10.2.